The summed E-state index contributed by atoms with van der Waals surface area (Å²) in [5.74, 6) is 0.738. The van der Waals surface area contributed by atoms with Crippen LogP contribution in [0.2, 0.25) is 0 Å². The second-order valence-corrected chi connectivity index (χ2v) is 5.19. The van der Waals surface area contributed by atoms with Gasteiger partial charge in [0, 0.05) is 17.7 Å². The highest BCUT2D eigenvalue weighted by Gasteiger charge is 2.16. The Morgan fingerprint density at radius 3 is 2.50 bits per heavy atom. The fourth-order valence-electron chi connectivity index (χ4n) is 2.11. The van der Waals surface area contributed by atoms with E-state index in [1.54, 1.807) is 4.68 Å². The van der Waals surface area contributed by atoms with Crippen molar-refractivity contribution in [2.24, 2.45) is 5.92 Å². The topological polar surface area (TPSA) is 38.0 Å². The second kappa shape index (κ2) is 4.84. The minimum Gasteiger partial charge on any atom is -0.493 e. The first-order chi connectivity index (χ1) is 8.50. The summed E-state index contributed by atoms with van der Waals surface area (Å²) in [4.78, 5) is 0. The minimum atomic E-state index is 0.280. The maximum absolute atomic E-state index is 10.1. The molecule has 0 amide bonds. The molecule has 0 atom stereocenters. The van der Waals surface area contributed by atoms with Gasteiger partial charge in [-0.3, -0.25) is 0 Å². The molecule has 0 spiro atoms. The van der Waals surface area contributed by atoms with Gasteiger partial charge < -0.3 is 5.11 Å². The fraction of sp³-hybridized carbons (Fsp3) is 0.400. The van der Waals surface area contributed by atoms with Crippen LogP contribution >= 0.6 is 0 Å². The van der Waals surface area contributed by atoms with Crippen LogP contribution in [0.4, 0.5) is 0 Å². The Morgan fingerprint density at radius 2 is 1.89 bits per heavy atom. The third-order valence-electron chi connectivity index (χ3n) is 3.09. The van der Waals surface area contributed by atoms with E-state index in [4.69, 9.17) is 0 Å². The van der Waals surface area contributed by atoms with Gasteiger partial charge in [0.25, 0.3) is 0 Å². The van der Waals surface area contributed by atoms with Gasteiger partial charge in [0.15, 0.2) is 0 Å². The van der Waals surface area contributed by atoms with Crippen LogP contribution in [0.1, 0.15) is 25.0 Å². The number of aromatic hydroxyl groups is 1. The lowest BCUT2D eigenvalue weighted by atomic mass is 10.0. The summed E-state index contributed by atoms with van der Waals surface area (Å²) in [5.41, 5.74) is 4.00. The highest BCUT2D eigenvalue weighted by molar-refractivity contribution is 5.68. The zero-order valence-corrected chi connectivity index (χ0v) is 11.4. The molecule has 18 heavy (non-hydrogen) atoms. The maximum Gasteiger partial charge on any atom is 0.212 e. The molecule has 2 rings (SSSR count). The number of rotatable bonds is 3. The van der Waals surface area contributed by atoms with E-state index in [1.807, 2.05) is 25.1 Å². The Hall–Kier alpha value is -1.77. The smallest absolute Gasteiger partial charge is 0.212 e. The fourth-order valence-corrected chi connectivity index (χ4v) is 2.11. The average Bonchev–Trinajstić information content (AvgIpc) is 2.58. The monoisotopic (exact) mass is 244 g/mol. The Morgan fingerprint density at radius 1 is 1.22 bits per heavy atom. The van der Waals surface area contributed by atoms with Crippen LogP contribution in [-0.2, 0) is 6.54 Å². The van der Waals surface area contributed by atoms with E-state index in [0.717, 1.165) is 23.4 Å². The quantitative estimate of drug-likeness (QED) is 0.897. The third kappa shape index (κ3) is 2.26. The average molecular weight is 244 g/mol. The van der Waals surface area contributed by atoms with E-state index < -0.39 is 0 Å². The van der Waals surface area contributed by atoms with Crippen molar-refractivity contribution in [1.29, 1.82) is 0 Å². The van der Waals surface area contributed by atoms with Crippen molar-refractivity contribution in [1.82, 2.24) is 9.78 Å². The molecule has 0 fully saturated rings. The molecule has 1 aromatic carbocycles. The van der Waals surface area contributed by atoms with Crippen LogP contribution in [0, 0.1) is 19.8 Å². The van der Waals surface area contributed by atoms with Crippen LogP contribution in [0.25, 0.3) is 11.3 Å². The van der Waals surface area contributed by atoms with Crippen molar-refractivity contribution in [2.75, 3.05) is 0 Å². The van der Waals surface area contributed by atoms with E-state index in [0.29, 0.717) is 5.92 Å². The van der Waals surface area contributed by atoms with Crippen LogP contribution in [0.5, 0.6) is 5.88 Å². The molecule has 0 unspecified atom stereocenters. The first-order valence-electron chi connectivity index (χ1n) is 6.33. The van der Waals surface area contributed by atoms with Crippen LogP contribution in [-0.4, -0.2) is 14.9 Å². The summed E-state index contributed by atoms with van der Waals surface area (Å²) < 4.78 is 1.70. The number of nitrogens with zero attached hydrogens (tertiary/aromatic N) is 2. The molecule has 1 aromatic heterocycles. The van der Waals surface area contributed by atoms with Gasteiger partial charge in [-0.2, -0.15) is 5.10 Å². The first kappa shape index (κ1) is 12.7. The van der Waals surface area contributed by atoms with Crippen LogP contribution < -0.4 is 0 Å². The second-order valence-electron chi connectivity index (χ2n) is 5.19. The standard InChI is InChI=1S/C15H20N2O/c1-10(2)9-17-15(18)12(4)14(16-17)13-8-6-5-7-11(13)3/h5-8,10,18H,9H2,1-4H3. The summed E-state index contributed by atoms with van der Waals surface area (Å²) in [6.45, 7) is 8.95. The Bertz CT molecular complexity index is 556. The number of hydrogen-bond acceptors (Lipinski definition) is 2. The molecule has 2 aromatic rings. The summed E-state index contributed by atoms with van der Waals surface area (Å²) in [6, 6.07) is 8.12. The summed E-state index contributed by atoms with van der Waals surface area (Å²) in [5, 5.41) is 14.7. The van der Waals surface area contributed by atoms with Crippen molar-refractivity contribution in [2.45, 2.75) is 34.2 Å². The molecule has 1 N–H and O–H groups in total. The predicted octanol–water partition coefficient (Wildman–Crippen LogP) is 3.53. The van der Waals surface area contributed by atoms with Crippen molar-refractivity contribution in [3.8, 4) is 17.1 Å². The predicted molar refractivity (Wildman–Crippen MR) is 73.6 cm³/mol. The molecular formula is C15H20N2O. The molecule has 0 aliphatic carbocycles. The Kier molecular flexibility index (Phi) is 3.41. The molecule has 96 valence electrons. The van der Waals surface area contributed by atoms with Crippen molar-refractivity contribution >= 4 is 0 Å². The van der Waals surface area contributed by atoms with E-state index in [2.05, 4.69) is 31.9 Å². The molecule has 0 bridgehead atoms. The third-order valence-corrected chi connectivity index (χ3v) is 3.09. The SMILES string of the molecule is Cc1ccccc1-c1nn(CC(C)C)c(O)c1C. The van der Waals surface area contributed by atoms with Gasteiger partial charge in [-0.1, -0.05) is 38.1 Å². The largest absolute Gasteiger partial charge is 0.493 e. The highest BCUT2D eigenvalue weighted by atomic mass is 16.3. The zero-order valence-electron chi connectivity index (χ0n) is 11.4. The van der Waals surface area contributed by atoms with E-state index >= 15 is 0 Å². The molecule has 3 nitrogen and oxygen atoms in total. The van der Waals surface area contributed by atoms with Crippen LogP contribution in [0.3, 0.4) is 0 Å². The zero-order chi connectivity index (χ0) is 13.3. The number of aromatic nitrogens is 2. The summed E-state index contributed by atoms with van der Waals surface area (Å²) in [6.07, 6.45) is 0. The summed E-state index contributed by atoms with van der Waals surface area (Å²) >= 11 is 0. The molecule has 3 heteroatoms. The number of benzene rings is 1. The Balaban J connectivity index is 2.50. The lowest BCUT2D eigenvalue weighted by Crippen LogP contribution is -2.05. The first-order valence-corrected chi connectivity index (χ1v) is 6.33. The minimum absolute atomic E-state index is 0.280. The molecule has 1 heterocycles. The van der Waals surface area contributed by atoms with Crippen molar-refractivity contribution in [3.63, 3.8) is 0 Å². The molecular weight excluding hydrogens is 224 g/mol. The van der Waals surface area contributed by atoms with E-state index in [-0.39, 0.29) is 5.88 Å². The van der Waals surface area contributed by atoms with E-state index in [1.165, 1.54) is 5.56 Å². The van der Waals surface area contributed by atoms with E-state index in [9.17, 15) is 5.11 Å². The van der Waals surface area contributed by atoms with Gasteiger partial charge in [-0.05, 0) is 25.3 Å². The van der Waals surface area contributed by atoms with Crippen molar-refractivity contribution < 1.29 is 5.11 Å². The van der Waals surface area contributed by atoms with Crippen LogP contribution in [0.15, 0.2) is 24.3 Å². The maximum atomic E-state index is 10.1. The lowest BCUT2D eigenvalue weighted by Gasteiger charge is -2.05. The summed E-state index contributed by atoms with van der Waals surface area (Å²) in [7, 11) is 0. The molecule has 0 radical (unpaired) electrons. The normalized spacial score (nSPS) is 11.2. The Labute approximate surface area is 108 Å². The van der Waals surface area contributed by atoms with Gasteiger partial charge in [0.2, 0.25) is 5.88 Å². The van der Waals surface area contributed by atoms with Gasteiger partial charge in [0.05, 0.1) is 5.69 Å². The molecule has 0 aliphatic heterocycles. The van der Waals surface area contributed by atoms with Crippen molar-refractivity contribution in [3.05, 3.63) is 35.4 Å². The van der Waals surface area contributed by atoms with Gasteiger partial charge in [-0.15, -0.1) is 0 Å². The molecule has 0 saturated carbocycles. The lowest BCUT2D eigenvalue weighted by molar-refractivity contribution is 0.370. The molecule has 0 aliphatic rings. The number of hydrogen-bond donors (Lipinski definition) is 1. The highest BCUT2D eigenvalue weighted by Crippen LogP contribution is 2.31. The van der Waals surface area contributed by atoms with Gasteiger partial charge in [0.1, 0.15) is 0 Å². The number of aryl methyl sites for hydroxylation is 1. The molecule has 0 saturated heterocycles. The van der Waals surface area contributed by atoms with Gasteiger partial charge in [-0.25, -0.2) is 4.68 Å². The van der Waals surface area contributed by atoms with Gasteiger partial charge >= 0.3 is 0 Å².